The summed E-state index contributed by atoms with van der Waals surface area (Å²) in [6.07, 6.45) is -8.37. The molecule has 43 heavy (non-hydrogen) atoms. The topological polar surface area (TPSA) is 120 Å². The third kappa shape index (κ3) is 15.4. The molecule has 0 aromatic heterocycles. The fourth-order valence-electron chi connectivity index (χ4n) is 3.74. The van der Waals surface area contributed by atoms with Gasteiger partial charge in [-0.3, -0.25) is 14.4 Å². The van der Waals surface area contributed by atoms with Crippen LogP contribution in [0.4, 0.5) is 26.3 Å². The van der Waals surface area contributed by atoms with Crippen LogP contribution in [0.1, 0.15) is 74.9 Å². The number of halogens is 6. The van der Waals surface area contributed by atoms with E-state index in [9.17, 15) is 35.9 Å². The van der Waals surface area contributed by atoms with E-state index in [0.29, 0.717) is 18.2 Å². The monoisotopic (exact) mass is 623 g/mol. The number of alkyl halides is 6. The molecule has 1 saturated heterocycles. The lowest BCUT2D eigenvalue weighted by atomic mass is 9.95. The number of rotatable bonds is 6. The molecule has 4 N–H and O–H groups in total. The number of piperidine rings is 1. The van der Waals surface area contributed by atoms with Gasteiger partial charge in [0.25, 0.3) is 5.91 Å². The van der Waals surface area contributed by atoms with Crippen LogP contribution < -0.4 is 16.4 Å². The molecule has 3 rings (SSSR count). The van der Waals surface area contributed by atoms with Crippen LogP contribution >= 0.6 is 0 Å². The molecule has 1 aliphatic rings. The maximum atomic E-state index is 12.5. The van der Waals surface area contributed by atoms with Gasteiger partial charge in [-0.05, 0) is 49.1 Å². The highest BCUT2D eigenvalue weighted by molar-refractivity contribution is 5.80. The first-order chi connectivity index (χ1) is 20.1. The van der Waals surface area contributed by atoms with Crippen molar-refractivity contribution < 1.29 is 50.2 Å². The zero-order valence-corrected chi connectivity index (χ0v) is 24.6. The first kappa shape index (κ1) is 39.4. The number of hydrogen-bond acceptors (Lipinski definition) is 6. The lowest BCUT2D eigenvalue weighted by Crippen LogP contribution is -2.47. The fourth-order valence-corrected chi connectivity index (χ4v) is 3.74. The fraction of sp³-hybridized carbons (Fsp3) is 0.483. The summed E-state index contributed by atoms with van der Waals surface area (Å²) in [5, 5.41) is 6.30. The number of ether oxygens (including phenoxy) is 2. The van der Waals surface area contributed by atoms with E-state index in [-0.39, 0.29) is 36.6 Å². The Bertz CT molecular complexity index is 1070. The molecular formula is C29H39F6N3O5. The van der Waals surface area contributed by atoms with Gasteiger partial charge in [-0.2, -0.15) is 26.3 Å². The Hall–Kier alpha value is -3.65. The molecule has 14 heteroatoms. The summed E-state index contributed by atoms with van der Waals surface area (Å²) in [4.78, 5) is 30.8. The Labute approximate surface area is 247 Å². The van der Waals surface area contributed by atoms with Crippen molar-refractivity contribution in [2.45, 2.75) is 71.1 Å². The number of nitrogens with two attached hydrogens (primary N) is 1. The minimum Gasteiger partial charge on any atom is -0.456 e. The zero-order valence-electron chi connectivity index (χ0n) is 24.6. The molecular weight excluding hydrogens is 584 g/mol. The molecule has 3 atom stereocenters. The standard InChI is InChI=1S/C15H20N2O3.C11H10F6O.C2H6.CH3NO/c1-11(18)20-10-15(19)17-13-7-8-14(16-9-13)12-5-3-2-4-6-12;1-6(18-2)7-3-8(10(12,13)14)5-9(4-7)11(15,16)17;1-2;2-1-3/h2-6,13-14,16H,7-10H2,1H3,(H,17,19);3-6H,1-2H3;1-2H3;1H,(H2,2,3). The van der Waals surface area contributed by atoms with Crippen molar-refractivity contribution in [1.82, 2.24) is 10.6 Å². The predicted octanol–water partition coefficient (Wildman–Crippen LogP) is 5.72. The minimum atomic E-state index is -4.83. The maximum Gasteiger partial charge on any atom is 0.416 e. The van der Waals surface area contributed by atoms with Crippen LogP contribution in [0.25, 0.3) is 0 Å². The quantitative estimate of drug-likeness (QED) is 0.215. The number of primary amides is 1. The largest absolute Gasteiger partial charge is 0.456 e. The summed E-state index contributed by atoms with van der Waals surface area (Å²) < 4.78 is 84.4. The first-order valence-corrected chi connectivity index (χ1v) is 13.3. The Morgan fingerprint density at radius 2 is 1.53 bits per heavy atom. The van der Waals surface area contributed by atoms with E-state index in [1.165, 1.54) is 26.5 Å². The van der Waals surface area contributed by atoms with Crippen molar-refractivity contribution in [3.63, 3.8) is 0 Å². The van der Waals surface area contributed by atoms with Crippen LogP contribution in [-0.2, 0) is 36.2 Å². The van der Waals surface area contributed by atoms with Crippen molar-refractivity contribution in [3.05, 3.63) is 70.8 Å². The second kappa shape index (κ2) is 19.5. The van der Waals surface area contributed by atoms with E-state index in [2.05, 4.69) is 33.2 Å². The number of carbonyl (C=O) groups excluding carboxylic acids is 3. The normalized spacial score (nSPS) is 16.8. The molecule has 2 aromatic carbocycles. The summed E-state index contributed by atoms with van der Waals surface area (Å²) in [6.45, 7) is 7.19. The average Bonchev–Trinajstić information content (AvgIpc) is 2.97. The SMILES string of the molecule is CC.CC(=O)OCC(=O)NC1CCC(c2ccccc2)NC1.COC(C)c1cc(C(F)(F)F)cc(C(F)(F)F)c1.NC=O. The molecule has 0 radical (unpaired) electrons. The van der Waals surface area contributed by atoms with Crippen LogP contribution in [-0.4, -0.2) is 44.6 Å². The van der Waals surface area contributed by atoms with Gasteiger partial charge in [-0.15, -0.1) is 0 Å². The van der Waals surface area contributed by atoms with Gasteiger partial charge in [-0.25, -0.2) is 0 Å². The van der Waals surface area contributed by atoms with Crippen LogP contribution in [0, 0.1) is 0 Å². The molecule has 2 aromatic rings. The van der Waals surface area contributed by atoms with E-state index in [0.717, 1.165) is 19.4 Å². The number of esters is 1. The number of methoxy groups -OCH3 is 1. The molecule has 0 bridgehead atoms. The third-order valence-electron chi connectivity index (χ3n) is 5.82. The number of carbonyl (C=O) groups is 3. The Balaban J connectivity index is 0.000000717. The number of benzene rings is 2. The van der Waals surface area contributed by atoms with Gasteiger partial charge >= 0.3 is 18.3 Å². The van der Waals surface area contributed by atoms with Crippen molar-refractivity contribution in [3.8, 4) is 0 Å². The van der Waals surface area contributed by atoms with Crippen LogP contribution in [0.3, 0.4) is 0 Å². The van der Waals surface area contributed by atoms with Gasteiger partial charge in [0, 0.05) is 32.7 Å². The van der Waals surface area contributed by atoms with Crippen LogP contribution in [0.2, 0.25) is 0 Å². The van der Waals surface area contributed by atoms with Gasteiger partial charge in [0.05, 0.1) is 17.2 Å². The Morgan fingerprint density at radius 1 is 1.02 bits per heavy atom. The third-order valence-corrected chi connectivity index (χ3v) is 5.82. The number of nitrogens with one attached hydrogen (secondary N) is 2. The average molecular weight is 624 g/mol. The molecule has 3 unspecified atom stereocenters. The van der Waals surface area contributed by atoms with Crippen molar-refractivity contribution in [2.75, 3.05) is 20.3 Å². The van der Waals surface area contributed by atoms with E-state index >= 15 is 0 Å². The molecule has 242 valence electrons. The predicted molar refractivity (Wildman–Crippen MR) is 148 cm³/mol. The smallest absolute Gasteiger partial charge is 0.416 e. The van der Waals surface area contributed by atoms with E-state index in [1.807, 2.05) is 32.0 Å². The first-order valence-electron chi connectivity index (χ1n) is 13.3. The highest BCUT2D eigenvalue weighted by Gasteiger charge is 2.37. The Kier molecular flexibility index (Phi) is 17.9. The summed E-state index contributed by atoms with van der Waals surface area (Å²) >= 11 is 0. The lowest BCUT2D eigenvalue weighted by Gasteiger charge is -2.30. The van der Waals surface area contributed by atoms with Crippen LogP contribution in [0.15, 0.2) is 48.5 Å². The van der Waals surface area contributed by atoms with Gasteiger partial charge in [-0.1, -0.05) is 44.2 Å². The van der Waals surface area contributed by atoms with E-state index < -0.39 is 35.6 Å². The van der Waals surface area contributed by atoms with Gasteiger partial charge in [0.15, 0.2) is 6.61 Å². The highest BCUT2D eigenvalue weighted by Crippen LogP contribution is 2.37. The second-order valence-corrected chi connectivity index (χ2v) is 8.85. The van der Waals surface area contributed by atoms with Crippen molar-refractivity contribution in [2.24, 2.45) is 5.73 Å². The van der Waals surface area contributed by atoms with Gasteiger partial charge < -0.3 is 25.8 Å². The molecule has 0 aliphatic carbocycles. The molecule has 8 nitrogen and oxygen atoms in total. The van der Waals surface area contributed by atoms with Crippen molar-refractivity contribution in [1.29, 1.82) is 0 Å². The van der Waals surface area contributed by atoms with Crippen LogP contribution in [0.5, 0.6) is 0 Å². The van der Waals surface area contributed by atoms with Gasteiger partial charge in [0.1, 0.15) is 0 Å². The molecule has 1 fully saturated rings. The molecule has 0 spiro atoms. The van der Waals surface area contributed by atoms with E-state index in [1.54, 1.807) is 0 Å². The summed E-state index contributed by atoms with van der Waals surface area (Å²) in [6, 6.07) is 12.1. The summed E-state index contributed by atoms with van der Waals surface area (Å²) in [5.41, 5.74) is 2.60. The number of amides is 2. The summed E-state index contributed by atoms with van der Waals surface area (Å²) in [5.74, 6) is -0.684. The molecule has 1 aliphatic heterocycles. The number of hydrogen-bond donors (Lipinski definition) is 3. The molecule has 0 saturated carbocycles. The lowest BCUT2D eigenvalue weighted by molar-refractivity contribution is -0.146. The van der Waals surface area contributed by atoms with Crippen molar-refractivity contribution >= 4 is 18.3 Å². The van der Waals surface area contributed by atoms with E-state index in [4.69, 9.17) is 9.53 Å². The molecule has 1 heterocycles. The van der Waals surface area contributed by atoms with Gasteiger partial charge in [0.2, 0.25) is 6.41 Å². The Morgan fingerprint density at radius 3 is 1.93 bits per heavy atom. The zero-order chi connectivity index (χ0) is 33.2. The second-order valence-electron chi connectivity index (χ2n) is 8.85. The summed E-state index contributed by atoms with van der Waals surface area (Å²) in [7, 11) is 1.21. The molecule has 2 amide bonds. The highest BCUT2D eigenvalue weighted by atomic mass is 19.4. The maximum absolute atomic E-state index is 12.5. The minimum absolute atomic E-state index is 0.0892.